The molecule has 0 amide bonds. The van der Waals surface area contributed by atoms with Crippen LogP contribution in [0.1, 0.15) is 122 Å². The summed E-state index contributed by atoms with van der Waals surface area (Å²) >= 11 is 0. The maximum Gasteiger partial charge on any atom is 0.306 e. The molecule has 0 atom stereocenters. The lowest BCUT2D eigenvalue weighted by molar-refractivity contribution is -0.149. The summed E-state index contributed by atoms with van der Waals surface area (Å²) in [4.78, 5) is 23.6. The maximum atomic E-state index is 11.8. The van der Waals surface area contributed by atoms with Crippen LogP contribution in [0.2, 0.25) is 0 Å². The molecule has 0 spiro atoms. The lowest BCUT2D eigenvalue weighted by Gasteiger charge is -2.13. The minimum absolute atomic E-state index is 0.00593. The molecule has 0 N–H and O–H groups in total. The van der Waals surface area contributed by atoms with Crippen LogP contribution in [0.3, 0.4) is 0 Å². The van der Waals surface area contributed by atoms with Crippen LogP contribution in [0.5, 0.6) is 0 Å². The van der Waals surface area contributed by atoms with Crippen molar-refractivity contribution in [1.29, 1.82) is 0 Å². The summed E-state index contributed by atoms with van der Waals surface area (Å²) in [6, 6.07) is 0. The second-order valence-corrected chi connectivity index (χ2v) is 9.10. The molecule has 4 nitrogen and oxygen atoms in total. The minimum atomic E-state index is 0.00593. The SMILES string of the molecule is CC(CCCCCC(=O)OC1CCCC1)CCCCCC(=O)OC1CCCC1. The fraction of sp³-hybridized carbons (Fsp3) is 0.917. The Morgan fingerprint density at radius 1 is 0.679 bits per heavy atom. The van der Waals surface area contributed by atoms with E-state index in [4.69, 9.17) is 9.47 Å². The summed E-state index contributed by atoms with van der Waals surface area (Å²) in [5, 5.41) is 0. The van der Waals surface area contributed by atoms with Crippen LogP contribution >= 0.6 is 0 Å². The predicted molar refractivity (Wildman–Crippen MR) is 112 cm³/mol. The van der Waals surface area contributed by atoms with Crippen molar-refractivity contribution in [2.24, 2.45) is 5.92 Å². The van der Waals surface area contributed by atoms with Gasteiger partial charge in [0.15, 0.2) is 0 Å². The molecule has 0 heterocycles. The molecule has 2 rings (SSSR count). The van der Waals surface area contributed by atoms with Crippen molar-refractivity contribution in [2.45, 2.75) is 135 Å². The monoisotopic (exact) mass is 394 g/mol. The smallest absolute Gasteiger partial charge is 0.306 e. The zero-order chi connectivity index (χ0) is 20.0. The van der Waals surface area contributed by atoms with Crippen LogP contribution in [-0.4, -0.2) is 24.1 Å². The van der Waals surface area contributed by atoms with E-state index in [0.29, 0.717) is 12.8 Å². The lowest BCUT2D eigenvalue weighted by atomic mass is 9.96. The molecule has 2 saturated carbocycles. The van der Waals surface area contributed by atoms with E-state index in [1.165, 1.54) is 51.4 Å². The van der Waals surface area contributed by atoms with Crippen LogP contribution in [0, 0.1) is 5.92 Å². The van der Waals surface area contributed by atoms with Crippen LogP contribution in [0.25, 0.3) is 0 Å². The van der Waals surface area contributed by atoms with Gasteiger partial charge in [0.25, 0.3) is 0 Å². The number of ether oxygens (including phenoxy) is 2. The van der Waals surface area contributed by atoms with Gasteiger partial charge in [-0.05, 0) is 70.1 Å². The van der Waals surface area contributed by atoms with Gasteiger partial charge in [-0.25, -0.2) is 0 Å². The van der Waals surface area contributed by atoms with E-state index in [1.807, 2.05) is 0 Å². The number of esters is 2. The van der Waals surface area contributed by atoms with Gasteiger partial charge in [-0.1, -0.05) is 45.4 Å². The third-order valence-electron chi connectivity index (χ3n) is 6.36. The average Bonchev–Trinajstić information content (AvgIpc) is 3.35. The molecule has 2 aliphatic rings. The Bertz CT molecular complexity index is 396. The second-order valence-electron chi connectivity index (χ2n) is 9.10. The number of hydrogen-bond acceptors (Lipinski definition) is 4. The van der Waals surface area contributed by atoms with E-state index < -0.39 is 0 Å². The van der Waals surface area contributed by atoms with E-state index in [2.05, 4.69) is 6.92 Å². The highest BCUT2D eigenvalue weighted by Crippen LogP contribution is 2.23. The Balaban J connectivity index is 1.35. The molecule has 0 bridgehead atoms. The van der Waals surface area contributed by atoms with Gasteiger partial charge in [0.2, 0.25) is 0 Å². The standard InChI is InChI=1S/C24H42O4/c1-20(12-4-2-6-18-23(25)27-21-14-8-9-15-21)13-5-3-7-19-24(26)28-22-16-10-11-17-22/h20-22H,2-19H2,1H3. The summed E-state index contributed by atoms with van der Waals surface area (Å²) < 4.78 is 11.0. The Kier molecular flexibility index (Phi) is 11.6. The van der Waals surface area contributed by atoms with Crippen LogP contribution in [0.15, 0.2) is 0 Å². The van der Waals surface area contributed by atoms with Crippen molar-refractivity contribution >= 4 is 11.9 Å². The van der Waals surface area contributed by atoms with Gasteiger partial charge in [-0.2, -0.15) is 0 Å². The first-order valence-electron chi connectivity index (χ1n) is 12.0. The highest BCUT2D eigenvalue weighted by molar-refractivity contribution is 5.69. The van der Waals surface area contributed by atoms with Gasteiger partial charge in [0, 0.05) is 12.8 Å². The van der Waals surface area contributed by atoms with Crippen LogP contribution in [-0.2, 0) is 19.1 Å². The molecular weight excluding hydrogens is 352 g/mol. The van der Waals surface area contributed by atoms with Gasteiger partial charge in [0.1, 0.15) is 12.2 Å². The van der Waals surface area contributed by atoms with Crippen molar-refractivity contribution in [1.82, 2.24) is 0 Å². The fourth-order valence-corrected chi connectivity index (χ4v) is 4.52. The molecule has 2 fully saturated rings. The first-order chi connectivity index (χ1) is 13.6. The Hall–Kier alpha value is -1.06. The minimum Gasteiger partial charge on any atom is -0.462 e. The van der Waals surface area contributed by atoms with E-state index in [-0.39, 0.29) is 24.1 Å². The molecule has 0 radical (unpaired) electrons. The van der Waals surface area contributed by atoms with Crippen molar-refractivity contribution in [3.8, 4) is 0 Å². The first-order valence-corrected chi connectivity index (χ1v) is 12.0. The van der Waals surface area contributed by atoms with Crippen LogP contribution < -0.4 is 0 Å². The van der Waals surface area contributed by atoms with Gasteiger partial charge in [0.05, 0.1) is 0 Å². The summed E-state index contributed by atoms with van der Waals surface area (Å²) in [7, 11) is 0. The molecule has 0 aliphatic heterocycles. The normalized spacial score (nSPS) is 18.1. The zero-order valence-corrected chi connectivity index (χ0v) is 18.1. The molecule has 162 valence electrons. The van der Waals surface area contributed by atoms with Crippen molar-refractivity contribution in [3.63, 3.8) is 0 Å². The van der Waals surface area contributed by atoms with Crippen molar-refractivity contribution in [3.05, 3.63) is 0 Å². The largest absolute Gasteiger partial charge is 0.462 e. The third-order valence-corrected chi connectivity index (χ3v) is 6.36. The van der Waals surface area contributed by atoms with E-state index in [9.17, 15) is 9.59 Å². The molecule has 0 saturated heterocycles. The molecule has 28 heavy (non-hydrogen) atoms. The van der Waals surface area contributed by atoms with Crippen molar-refractivity contribution < 1.29 is 19.1 Å². The molecular formula is C24H42O4. The molecule has 4 heteroatoms. The van der Waals surface area contributed by atoms with E-state index in [0.717, 1.165) is 57.3 Å². The first kappa shape index (κ1) is 23.2. The Morgan fingerprint density at radius 3 is 1.46 bits per heavy atom. The summed E-state index contributed by atoms with van der Waals surface area (Å²) in [5.74, 6) is 0.744. The maximum absolute atomic E-state index is 11.8. The Labute approximate surface area is 172 Å². The molecule has 0 unspecified atom stereocenters. The van der Waals surface area contributed by atoms with E-state index >= 15 is 0 Å². The quantitative estimate of drug-likeness (QED) is 0.249. The molecule has 0 aromatic rings. The summed E-state index contributed by atoms with van der Waals surface area (Å²) in [6.07, 6.45) is 19.7. The van der Waals surface area contributed by atoms with Crippen molar-refractivity contribution in [2.75, 3.05) is 0 Å². The Morgan fingerprint density at radius 2 is 1.07 bits per heavy atom. The number of hydrogen-bond donors (Lipinski definition) is 0. The van der Waals surface area contributed by atoms with Gasteiger partial charge in [-0.3, -0.25) is 9.59 Å². The highest BCUT2D eigenvalue weighted by Gasteiger charge is 2.19. The fourth-order valence-electron chi connectivity index (χ4n) is 4.52. The van der Waals surface area contributed by atoms with Gasteiger partial charge < -0.3 is 9.47 Å². The topological polar surface area (TPSA) is 52.6 Å². The molecule has 2 aliphatic carbocycles. The second kappa shape index (κ2) is 14.0. The summed E-state index contributed by atoms with van der Waals surface area (Å²) in [6.45, 7) is 2.32. The van der Waals surface area contributed by atoms with Gasteiger partial charge in [-0.15, -0.1) is 0 Å². The lowest BCUT2D eigenvalue weighted by Crippen LogP contribution is -2.14. The van der Waals surface area contributed by atoms with Gasteiger partial charge >= 0.3 is 11.9 Å². The highest BCUT2D eigenvalue weighted by atomic mass is 16.5. The number of carbonyl (C=O) groups is 2. The average molecular weight is 395 g/mol. The van der Waals surface area contributed by atoms with E-state index in [1.54, 1.807) is 0 Å². The number of unbranched alkanes of at least 4 members (excludes halogenated alkanes) is 4. The number of carbonyl (C=O) groups excluding carboxylic acids is 2. The molecule has 0 aromatic carbocycles. The number of rotatable bonds is 14. The van der Waals surface area contributed by atoms with Crippen LogP contribution in [0.4, 0.5) is 0 Å². The predicted octanol–water partition coefficient (Wildman–Crippen LogP) is 6.50. The zero-order valence-electron chi connectivity index (χ0n) is 18.1. The molecule has 0 aromatic heterocycles. The third kappa shape index (κ3) is 10.5. The summed E-state index contributed by atoms with van der Waals surface area (Å²) in [5.41, 5.74) is 0.